The average Bonchev–Trinajstić information content (AvgIpc) is 2.78. The van der Waals surface area contributed by atoms with Crippen LogP contribution in [-0.2, 0) is 6.54 Å². The molecule has 0 bridgehead atoms. The number of aromatic nitrogens is 2. The molecule has 0 saturated carbocycles. The van der Waals surface area contributed by atoms with Gasteiger partial charge in [0, 0.05) is 10.0 Å². The first-order chi connectivity index (χ1) is 8.20. The van der Waals surface area contributed by atoms with Gasteiger partial charge in [0.05, 0.1) is 18.4 Å². The predicted molar refractivity (Wildman–Crippen MR) is 69.1 cm³/mol. The van der Waals surface area contributed by atoms with Crippen LogP contribution in [0.25, 0.3) is 11.3 Å². The lowest BCUT2D eigenvalue weighted by Crippen LogP contribution is -2.12. The third kappa shape index (κ3) is 2.92. The van der Waals surface area contributed by atoms with Crippen molar-refractivity contribution in [2.45, 2.75) is 13.5 Å². The number of benzene rings is 1. The number of hydrogen-bond donors (Lipinski definition) is 2. The van der Waals surface area contributed by atoms with Gasteiger partial charge in [0.25, 0.3) is 0 Å². The van der Waals surface area contributed by atoms with Crippen molar-refractivity contribution in [3.05, 3.63) is 40.5 Å². The zero-order chi connectivity index (χ0) is 12.3. The van der Waals surface area contributed by atoms with Gasteiger partial charge in [0.15, 0.2) is 0 Å². The summed E-state index contributed by atoms with van der Waals surface area (Å²) < 4.78 is 14.5. The van der Waals surface area contributed by atoms with E-state index >= 15 is 0 Å². The second-order valence-corrected chi connectivity index (χ2v) is 4.56. The number of nitrogens with zero attached hydrogens (tertiary/aromatic N) is 1. The molecule has 0 aliphatic heterocycles. The molecule has 5 heteroatoms. The summed E-state index contributed by atoms with van der Waals surface area (Å²) in [5.41, 5.74) is 1.21. The fourth-order valence-electron chi connectivity index (χ4n) is 1.54. The van der Waals surface area contributed by atoms with E-state index in [0.29, 0.717) is 17.8 Å². The molecule has 2 N–H and O–H groups in total. The molecule has 0 aliphatic carbocycles. The number of hydrogen-bond acceptors (Lipinski definition) is 2. The molecular formula is C12H13BrFN3. The third-order valence-corrected chi connectivity index (χ3v) is 2.88. The Bertz CT molecular complexity index is 510. The summed E-state index contributed by atoms with van der Waals surface area (Å²) in [5, 5.41) is 3.16. The van der Waals surface area contributed by atoms with Crippen molar-refractivity contribution in [3.63, 3.8) is 0 Å². The highest BCUT2D eigenvalue weighted by Gasteiger charge is 2.08. The maximum atomic E-state index is 13.6. The molecule has 17 heavy (non-hydrogen) atoms. The number of halogens is 2. The smallest absolute Gasteiger partial charge is 0.132 e. The summed E-state index contributed by atoms with van der Waals surface area (Å²) in [5.74, 6) is 0.549. The summed E-state index contributed by atoms with van der Waals surface area (Å²) in [6, 6.07) is 4.85. The molecule has 0 radical (unpaired) electrons. The van der Waals surface area contributed by atoms with E-state index < -0.39 is 0 Å². The van der Waals surface area contributed by atoms with Gasteiger partial charge in [0.2, 0.25) is 0 Å². The zero-order valence-corrected chi connectivity index (χ0v) is 11.0. The van der Waals surface area contributed by atoms with Crippen molar-refractivity contribution < 1.29 is 4.39 Å². The maximum Gasteiger partial charge on any atom is 0.132 e. The van der Waals surface area contributed by atoms with Crippen molar-refractivity contribution in [2.24, 2.45) is 0 Å². The Balaban J connectivity index is 2.27. The maximum absolute atomic E-state index is 13.6. The van der Waals surface area contributed by atoms with Gasteiger partial charge in [-0.05, 0) is 24.7 Å². The van der Waals surface area contributed by atoms with Crippen LogP contribution in [0, 0.1) is 5.82 Å². The van der Waals surface area contributed by atoms with Crippen LogP contribution in [0.2, 0.25) is 0 Å². The molecule has 0 amide bonds. The third-order valence-electron chi connectivity index (χ3n) is 2.39. The lowest BCUT2D eigenvalue weighted by Gasteiger charge is -2.01. The summed E-state index contributed by atoms with van der Waals surface area (Å²) in [6.45, 7) is 3.56. The summed E-state index contributed by atoms with van der Waals surface area (Å²) in [6.07, 6.45) is 1.65. The summed E-state index contributed by atoms with van der Waals surface area (Å²) in [7, 11) is 0. The van der Waals surface area contributed by atoms with Crippen molar-refractivity contribution in [2.75, 3.05) is 6.54 Å². The Kier molecular flexibility index (Phi) is 3.91. The number of nitrogens with one attached hydrogen (secondary N) is 2. The fourth-order valence-corrected chi connectivity index (χ4v) is 1.90. The Morgan fingerprint density at radius 2 is 2.29 bits per heavy atom. The topological polar surface area (TPSA) is 40.7 Å². The van der Waals surface area contributed by atoms with Gasteiger partial charge in [-0.3, -0.25) is 0 Å². The molecule has 0 unspecified atom stereocenters. The van der Waals surface area contributed by atoms with Crippen LogP contribution >= 0.6 is 15.9 Å². The Morgan fingerprint density at radius 1 is 1.47 bits per heavy atom. The number of rotatable bonds is 4. The van der Waals surface area contributed by atoms with Gasteiger partial charge >= 0.3 is 0 Å². The van der Waals surface area contributed by atoms with Gasteiger partial charge in [-0.2, -0.15) is 0 Å². The van der Waals surface area contributed by atoms with E-state index in [-0.39, 0.29) is 5.82 Å². The zero-order valence-electron chi connectivity index (χ0n) is 9.43. The highest BCUT2D eigenvalue weighted by atomic mass is 79.9. The number of imidazole rings is 1. The minimum Gasteiger partial charge on any atom is -0.341 e. The molecule has 0 spiro atoms. The van der Waals surface area contributed by atoms with E-state index in [2.05, 4.69) is 31.2 Å². The SMILES string of the molecule is CCNCc1ncc(-c2cc(Br)ccc2F)[nH]1. The molecule has 90 valence electrons. The molecule has 2 rings (SSSR count). The van der Waals surface area contributed by atoms with Crippen LogP contribution in [0.3, 0.4) is 0 Å². The Hall–Kier alpha value is -1.20. The van der Waals surface area contributed by atoms with Crippen LogP contribution in [-0.4, -0.2) is 16.5 Å². The predicted octanol–water partition coefficient (Wildman–Crippen LogP) is 3.09. The van der Waals surface area contributed by atoms with Crippen LogP contribution < -0.4 is 5.32 Å². The van der Waals surface area contributed by atoms with E-state index in [4.69, 9.17) is 0 Å². The molecule has 0 fully saturated rings. The van der Waals surface area contributed by atoms with E-state index in [1.54, 1.807) is 18.3 Å². The summed E-state index contributed by atoms with van der Waals surface area (Å²) >= 11 is 3.33. The highest BCUT2D eigenvalue weighted by molar-refractivity contribution is 9.10. The minimum absolute atomic E-state index is 0.258. The molecule has 0 atom stereocenters. The van der Waals surface area contributed by atoms with Crippen LogP contribution in [0.4, 0.5) is 4.39 Å². The minimum atomic E-state index is -0.258. The van der Waals surface area contributed by atoms with Gasteiger partial charge in [-0.1, -0.05) is 22.9 Å². The van der Waals surface area contributed by atoms with Gasteiger partial charge in [-0.15, -0.1) is 0 Å². The molecule has 1 heterocycles. The van der Waals surface area contributed by atoms with E-state index in [1.165, 1.54) is 6.07 Å². The average molecular weight is 298 g/mol. The van der Waals surface area contributed by atoms with Gasteiger partial charge < -0.3 is 10.3 Å². The number of aromatic amines is 1. The molecule has 3 nitrogen and oxygen atoms in total. The molecule has 0 aliphatic rings. The second-order valence-electron chi connectivity index (χ2n) is 3.65. The normalized spacial score (nSPS) is 10.8. The lowest BCUT2D eigenvalue weighted by molar-refractivity contribution is 0.630. The molecular weight excluding hydrogens is 285 g/mol. The van der Waals surface area contributed by atoms with Crippen LogP contribution in [0.1, 0.15) is 12.7 Å². The standard InChI is InChI=1S/C12H13BrFN3/c1-2-15-7-12-16-6-11(17-12)9-5-8(13)3-4-10(9)14/h3-6,15H,2,7H2,1H3,(H,16,17). The van der Waals surface area contributed by atoms with Crippen molar-refractivity contribution in [3.8, 4) is 11.3 Å². The molecule has 1 aromatic heterocycles. The molecule has 0 saturated heterocycles. The monoisotopic (exact) mass is 297 g/mol. The van der Waals surface area contributed by atoms with Crippen molar-refractivity contribution in [1.82, 2.24) is 15.3 Å². The van der Waals surface area contributed by atoms with E-state index in [1.807, 2.05) is 6.92 Å². The van der Waals surface area contributed by atoms with Crippen LogP contribution in [0.5, 0.6) is 0 Å². The molecule has 2 aromatic rings. The quantitative estimate of drug-likeness (QED) is 0.910. The van der Waals surface area contributed by atoms with E-state index in [9.17, 15) is 4.39 Å². The van der Waals surface area contributed by atoms with Gasteiger partial charge in [0.1, 0.15) is 11.6 Å². The first-order valence-electron chi connectivity index (χ1n) is 5.40. The lowest BCUT2D eigenvalue weighted by atomic mass is 10.1. The fraction of sp³-hybridized carbons (Fsp3) is 0.250. The first kappa shape index (κ1) is 12.3. The highest BCUT2D eigenvalue weighted by Crippen LogP contribution is 2.24. The summed E-state index contributed by atoms with van der Waals surface area (Å²) in [4.78, 5) is 7.30. The van der Waals surface area contributed by atoms with Gasteiger partial charge in [-0.25, -0.2) is 9.37 Å². The molecule has 1 aromatic carbocycles. The Morgan fingerprint density at radius 3 is 3.06 bits per heavy atom. The Labute approximate surface area is 108 Å². The largest absolute Gasteiger partial charge is 0.341 e. The first-order valence-corrected chi connectivity index (χ1v) is 6.20. The van der Waals surface area contributed by atoms with Crippen molar-refractivity contribution in [1.29, 1.82) is 0 Å². The van der Waals surface area contributed by atoms with Crippen LogP contribution in [0.15, 0.2) is 28.9 Å². The second kappa shape index (κ2) is 5.42. The number of H-pyrrole nitrogens is 1. The van der Waals surface area contributed by atoms with Crippen molar-refractivity contribution >= 4 is 15.9 Å². The van der Waals surface area contributed by atoms with E-state index in [0.717, 1.165) is 16.8 Å².